The number of esters is 1. The minimum Gasteiger partial charge on any atom is -0.452 e. The number of benzene rings is 1. The average Bonchev–Trinajstić information content (AvgIpc) is 3.15. The molecule has 0 fully saturated rings. The molecule has 138 valence electrons. The Morgan fingerprint density at radius 1 is 1.22 bits per heavy atom. The number of hydrogen-bond acceptors (Lipinski definition) is 7. The predicted molar refractivity (Wildman–Crippen MR) is 107 cm³/mol. The molecule has 27 heavy (non-hydrogen) atoms. The summed E-state index contributed by atoms with van der Waals surface area (Å²) in [6, 6.07) is 11.2. The van der Waals surface area contributed by atoms with Crippen molar-refractivity contribution in [2.45, 2.75) is 11.9 Å². The monoisotopic (exact) mass is 399 g/mol. The number of pyridine rings is 1. The van der Waals surface area contributed by atoms with E-state index in [0.717, 1.165) is 11.3 Å². The number of thiazole rings is 1. The molecule has 0 saturated carbocycles. The number of anilines is 1. The first-order chi connectivity index (χ1) is 13.1. The van der Waals surface area contributed by atoms with Gasteiger partial charge in [0.05, 0.1) is 11.3 Å². The minimum atomic E-state index is -0.581. The van der Waals surface area contributed by atoms with Crippen LogP contribution in [0.3, 0.4) is 0 Å². The maximum atomic E-state index is 12.1. The SMILES string of the molecule is CSc1ncccc1C(=O)OCC(=O)Nc1nc(-c2ccc(C)cc2)cs1. The molecule has 0 bridgehead atoms. The van der Waals surface area contributed by atoms with Gasteiger partial charge in [0, 0.05) is 17.1 Å². The van der Waals surface area contributed by atoms with Crippen molar-refractivity contribution in [2.75, 3.05) is 18.2 Å². The molecule has 3 aromatic rings. The standard InChI is InChI=1S/C19H17N3O3S2/c1-12-5-7-13(8-6-12)15-11-27-19(21-15)22-16(23)10-25-18(24)14-4-3-9-20-17(14)26-2/h3-9,11H,10H2,1-2H3,(H,21,22,23). The molecule has 2 heterocycles. The Morgan fingerprint density at radius 3 is 2.74 bits per heavy atom. The zero-order valence-electron chi connectivity index (χ0n) is 14.8. The number of aromatic nitrogens is 2. The normalized spacial score (nSPS) is 10.4. The molecule has 0 unspecified atom stereocenters. The van der Waals surface area contributed by atoms with Crippen LogP contribution in [0.2, 0.25) is 0 Å². The zero-order valence-corrected chi connectivity index (χ0v) is 16.4. The Kier molecular flexibility index (Phi) is 6.20. The van der Waals surface area contributed by atoms with Gasteiger partial charge in [-0.25, -0.2) is 14.8 Å². The van der Waals surface area contributed by atoms with E-state index in [-0.39, 0.29) is 6.61 Å². The molecule has 0 spiro atoms. The van der Waals surface area contributed by atoms with Crippen molar-refractivity contribution >= 4 is 40.1 Å². The summed E-state index contributed by atoms with van der Waals surface area (Å²) in [5.74, 6) is -1.02. The molecule has 3 rings (SSSR count). The second-order valence-corrected chi connectivity index (χ2v) is 7.24. The summed E-state index contributed by atoms with van der Waals surface area (Å²) in [6.07, 6.45) is 3.42. The first-order valence-electron chi connectivity index (χ1n) is 8.05. The lowest BCUT2D eigenvalue weighted by Crippen LogP contribution is -2.21. The fourth-order valence-electron chi connectivity index (χ4n) is 2.26. The fourth-order valence-corrected chi connectivity index (χ4v) is 3.53. The van der Waals surface area contributed by atoms with Crippen LogP contribution >= 0.6 is 23.1 Å². The van der Waals surface area contributed by atoms with E-state index in [1.807, 2.05) is 42.8 Å². The highest BCUT2D eigenvalue weighted by Gasteiger charge is 2.15. The third kappa shape index (κ3) is 4.93. The summed E-state index contributed by atoms with van der Waals surface area (Å²) in [5, 5.41) is 5.53. The summed E-state index contributed by atoms with van der Waals surface area (Å²) in [6.45, 7) is 1.63. The highest BCUT2D eigenvalue weighted by atomic mass is 32.2. The quantitative estimate of drug-likeness (QED) is 0.498. The van der Waals surface area contributed by atoms with E-state index in [1.165, 1.54) is 28.7 Å². The van der Waals surface area contributed by atoms with Crippen LogP contribution in [0.25, 0.3) is 11.3 Å². The molecule has 2 aromatic heterocycles. The van der Waals surface area contributed by atoms with Gasteiger partial charge in [-0.05, 0) is 25.3 Å². The topological polar surface area (TPSA) is 81.2 Å². The van der Waals surface area contributed by atoms with Crippen LogP contribution in [0.5, 0.6) is 0 Å². The number of aryl methyl sites for hydroxylation is 1. The Hall–Kier alpha value is -2.71. The number of nitrogens with zero attached hydrogens (tertiary/aromatic N) is 2. The van der Waals surface area contributed by atoms with Crippen LogP contribution in [-0.2, 0) is 9.53 Å². The highest BCUT2D eigenvalue weighted by Crippen LogP contribution is 2.25. The Balaban J connectivity index is 1.57. The molecule has 0 saturated heterocycles. The Morgan fingerprint density at radius 2 is 2.00 bits per heavy atom. The Bertz CT molecular complexity index is 955. The second-order valence-electron chi connectivity index (χ2n) is 5.59. The van der Waals surface area contributed by atoms with Crippen molar-refractivity contribution in [3.63, 3.8) is 0 Å². The molecule has 0 aliphatic heterocycles. The smallest absolute Gasteiger partial charge is 0.341 e. The summed E-state index contributed by atoms with van der Waals surface area (Å²) in [7, 11) is 0. The van der Waals surface area contributed by atoms with Crippen LogP contribution in [0.15, 0.2) is 53.0 Å². The van der Waals surface area contributed by atoms with E-state index in [2.05, 4.69) is 15.3 Å². The van der Waals surface area contributed by atoms with Gasteiger partial charge < -0.3 is 4.74 Å². The number of nitrogens with one attached hydrogen (secondary N) is 1. The number of rotatable bonds is 6. The van der Waals surface area contributed by atoms with Gasteiger partial charge in [0.15, 0.2) is 11.7 Å². The van der Waals surface area contributed by atoms with E-state index >= 15 is 0 Å². The van der Waals surface area contributed by atoms with Crippen molar-refractivity contribution in [1.82, 2.24) is 9.97 Å². The molecule has 1 aromatic carbocycles. The van der Waals surface area contributed by atoms with E-state index in [1.54, 1.807) is 18.3 Å². The van der Waals surface area contributed by atoms with Gasteiger partial charge >= 0.3 is 5.97 Å². The van der Waals surface area contributed by atoms with Crippen molar-refractivity contribution in [2.24, 2.45) is 0 Å². The summed E-state index contributed by atoms with van der Waals surface area (Å²) < 4.78 is 5.08. The van der Waals surface area contributed by atoms with Gasteiger partial charge in [0.25, 0.3) is 5.91 Å². The highest BCUT2D eigenvalue weighted by molar-refractivity contribution is 7.98. The van der Waals surface area contributed by atoms with Crippen molar-refractivity contribution in [3.05, 3.63) is 59.1 Å². The average molecular weight is 399 g/mol. The van der Waals surface area contributed by atoms with E-state index in [9.17, 15) is 9.59 Å². The number of carbonyl (C=O) groups is 2. The van der Waals surface area contributed by atoms with Gasteiger partial charge in [-0.15, -0.1) is 23.1 Å². The second kappa shape index (κ2) is 8.79. The lowest BCUT2D eigenvalue weighted by molar-refractivity contribution is -0.119. The van der Waals surface area contributed by atoms with Crippen LogP contribution < -0.4 is 5.32 Å². The number of hydrogen-bond donors (Lipinski definition) is 1. The third-order valence-corrected chi connectivity index (χ3v) is 5.09. The lowest BCUT2D eigenvalue weighted by Gasteiger charge is -2.06. The maximum absolute atomic E-state index is 12.1. The van der Waals surface area contributed by atoms with Crippen LogP contribution in [0.4, 0.5) is 5.13 Å². The molecular weight excluding hydrogens is 382 g/mol. The number of thioether (sulfide) groups is 1. The molecule has 0 aliphatic rings. The summed E-state index contributed by atoms with van der Waals surface area (Å²) >= 11 is 2.66. The molecule has 0 atom stereocenters. The molecule has 0 radical (unpaired) electrons. The third-order valence-electron chi connectivity index (χ3n) is 3.62. The largest absolute Gasteiger partial charge is 0.452 e. The van der Waals surface area contributed by atoms with Crippen molar-refractivity contribution in [3.8, 4) is 11.3 Å². The zero-order chi connectivity index (χ0) is 19.2. The van der Waals surface area contributed by atoms with Gasteiger partial charge in [-0.1, -0.05) is 29.8 Å². The fraction of sp³-hybridized carbons (Fsp3) is 0.158. The molecule has 1 amide bonds. The molecule has 0 aliphatic carbocycles. The summed E-state index contributed by atoms with van der Waals surface area (Å²) in [5.41, 5.74) is 3.27. The Labute approximate surface area is 165 Å². The molecular formula is C19H17N3O3S2. The van der Waals surface area contributed by atoms with Gasteiger partial charge in [-0.3, -0.25) is 10.1 Å². The minimum absolute atomic E-state index is 0.341. The van der Waals surface area contributed by atoms with Crippen LogP contribution in [-0.4, -0.2) is 34.7 Å². The number of amides is 1. The van der Waals surface area contributed by atoms with Gasteiger partial charge in [0.2, 0.25) is 0 Å². The molecule has 1 N–H and O–H groups in total. The van der Waals surface area contributed by atoms with Crippen molar-refractivity contribution < 1.29 is 14.3 Å². The van der Waals surface area contributed by atoms with E-state index in [0.29, 0.717) is 15.7 Å². The first-order valence-corrected chi connectivity index (χ1v) is 10.2. The summed E-state index contributed by atoms with van der Waals surface area (Å²) in [4.78, 5) is 32.7. The van der Waals surface area contributed by atoms with Gasteiger partial charge in [0.1, 0.15) is 5.03 Å². The van der Waals surface area contributed by atoms with Gasteiger partial charge in [-0.2, -0.15) is 0 Å². The van der Waals surface area contributed by atoms with E-state index < -0.39 is 11.9 Å². The molecule has 8 heteroatoms. The molecule has 6 nitrogen and oxygen atoms in total. The predicted octanol–water partition coefficient (Wildman–Crippen LogP) is 4.03. The van der Waals surface area contributed by atoms with Crippen LogP contribution in [0, 0.1) is 6.92 Å². The number of carbonyl (C=O) groups excluding carboxylic acids is 2. The first kappa shape index (κ1) is 19.1. The van der Waals surface area contributed by atoms with Crippen LogP contribution in [0.1, 0.15) is 15.9 Å². The lowest BCUT2D eigenvalue weighted by atomic mass is 10.1. The van der Waals surface area contributed by atoms with Crippen molar-refractivity contribution in [1.29, 1.82) is 0 Å². The van der Waals surface area contributed by atoms with E-state index in [4.69, 9.17) is 4.74 Å². The maximum Gasteiger partial charge on any atom is 0.341 e. The number of ether oxygens (including phenoxy) is 1.